The van der Waals surface area contributed by atoms with Crippen LogP contribution < -0.4 is 14.2 Å². The second-order valence-corrected chi connectivity index (χ2v) is 9.90. The van der Waals surface area contributed by atoms with Crippen LogP contribution in [0, 0.1) is 6.92 Å². The molecule has 0 spiro atoms. The van der Waals surface area contributed by atoms with E-state index in [0.717, 1.165) is 17.7 Å². The Kier molecular flexibility index (Phi) is 9.06. The molecular formula is C26H32N2O6S. The van der Waals surface area contributed by atoms with E-state index in [4.69, 9.17) is 14.2 Å². The van der Waals surface area contributed by atoms with Crippen molar-refractivity contribution in [3.8, 4) is 11.5 Å². The number of rotatable bonds is 12. The molecule has 1 N–H and O–H groups in total. The first-order chi connectivity index (χ1) is 16.7. The third kappa shape index (κ3) is 7.16. The van der Waals surface area contributed by atoms with E-state index in [1.807, 2.05) is 39.0 Å². The number of aromatic nitrogens is 1. The first-order valence-electron chi connectivity index (χ1n) is 11.6. The quantitative estimate of drug-likeness (QED) is 0.372. The number of amides is 1. The number of methoxy groups -OCH3 is 1. The zero-order chi connectivity index (χ0) is 25.4. The molecule has 1 heterocycles. The number of sulfonamides is 1. The molecule has 3 aromatic rings. The number of pyridine rings is 1. The first-order valence-corrected chi connectivity index (χ1v) is 13.0. The first kappa shape index (κ1) is 26.4. The normalized spacial score (nSPS) is 12.3. The summed E-state index contributed by atoms with van der Waals surface area (Å²) < 4.78 is 44.8. The van der Waals surface area contributed by atoms with E-state index in [1.54, 1.807) is 31.4 Å². The van der Waals surface area contributed by atoms with E-state index in [0.29, 0.717) is 35.4 Å². The van der Waals surface area contributed by atoms with Gasteiger partial charge in [-0.15, -0.1) is 0 Å². The van der Waals surface area contributed by atoms with E-state index < -0.39 is 15.9 Å². The highest BCUT2D eigenvalue weighted by Crippen LogP contribution is 2.29. The number of carbonyl (C=O) groups is 1. The Bertz CT molecular complexity index is 1280. The number of nitrogens with one attached hydrogen (secondary N) is 1. The summed E-state index contributed by atoms with van der Waals surface area (Å²) in [5, 5.41) is 0.466. The van der Waals surface area contributed by atoms with Crippen LogP contribution in [-0.2, 0) is 26.0 Å². The van der Waals surface area contributed by atoms with Gasteiger partial charge < -0.3 is 14.2 Å². The van der Waals surface area contributed by atoms with Gasteiger partial charge in [0.25, 0.3) is 10.0 Å². The lowest BCUT2D eigenvalue weighted by Gasteiger charge is -2.16. The van der Waals surface area contributed by atoms with Crippen molar-refractivity contribution in [3.05, 3.63) is 59.8 Å². The summed E-state index contributed by atoms with van der Waals surface area (Å²) in [5.74, 6) is 0.579. The number of fused-ring (bicyclic) bond motifs is 1. The number of carbonyl (C=O) groups excluding carboxylic acids is 1. The molecule has 0 bridgehead atoms. The molecule has 0 aliphatic carbocycles. The number of hydrogen-bond donors (Lipinski definition) is 1. The molecule has 1 aromatic heterocycles. The second-order valence-electron chi connectivity index (χ2n) is 8.25. The maximum Gasteiger partial charge on any atom is 0.264 e. The summed E-state index contributed by atoms with van der Waals surface area (Å²) in [7, 11) is -2.41. The molecule has 9 heteroatoms. The van der Waals surface area contributed by atoms with E-state index >= 15 is 0 Å². The van der Waals surface area contributed by atoms with Crippen LogP contribution in [-0.4, -0.2) is 45.7 Å². The molecule has 0 aliphatic rings. The van der Waals surface area contributed by atoms with Gasteiger partial charge in [0.15, 0.2) is 11.5 Å². The predicted molar refractivity (Wildman–Crippen MR) is 134 cm³/mol. The standard InChI is InChI=1S/C26H32N2O6S/c1-5-20-12-14-23(34-17-19(3)32-4)24(16-20)33-15-7-10-26(29)28-35(30,31)25-9-6-8-22-21(25)13-11-18(2)27-22/h6,8-9,11-14,16,19H,5,7,10,15,17H2,1-4H3,(H,28,29)/t19-/m0/s1. The summed E-state index contributed by atoms with van der Waals surface area (Å²) >= 11 is 0. The molecule has 0 saturated carbocycles. The Balaban J connectivity index is 1.58. The van der Waals surface area contributed by atoms with Crippen molar-refractivity contribution in [2.24, 2.45) is 0 Å². The third-order valence-electron chi connectivity index (χ3n) is 5.47. The molecule has 0 fully saturated rings. The van der Waals surface area contributed by atoms with Crippen LogP contribution in [0.3, 0.4) is 0 Å². The molecule has 0 aliphatic heterocycles. The number of hydrogen-bond acceptors (Lipinski definition) is 7. The average molecular weight is 501 g/mol. The molecule has 2 aromatic carbocycles. The number of aryl methyl sites for hydroxylation is 2. The number of ether oxygens (including phenoxy) is 3. The highest BCUT2D eigenvalue weighted by Gasteiger charge is 2.20. The Morgan fingerprint density at radius 3 is 2.63 bits per heavy atom. The topological polar surface area (TPSA) is 104 Å². The highest BCUT2D eigenvalue weighted by molar-refractivity contribution is 7.90. The van der Waals surface area contributed by atoms with E-state index in [9.17, 15) is 13.2 Å². The lowest BCUT2D eigenvalue weighted by molar-refractivity contribution is -0.119. The maximum absolute atomic E-state index is 12.8. The van der Waals surface area contributed by atoms with Gasteiger partial charge in [0.05, 0.1) is 23.1 Å². The summed E-state index contributed by atoms with van der Waals surface area (Å²) in [6.07, 6.45) is 1.10. The zero-order valence-corrected chi connectivity index (χ0v) is 21.4. The van der Waals surface area contributed by atoms with Gasteiger partial charge in [0.2, 0.25) is 5.91 Å². The fraction of sp³-hybridized carbons (Fsp3) is 0.385. The summed E-state index contributed by atoms with van der Waals surface area (Å²) in [6.45, 7) is 6.39. The van der Waals surface area contributed by atoms with Crippen molar-refractivity contribution in [2.75, 3.05) is 20.3 Å². The van der Waals surface area contributed by atoms with Gasteiger partial charge in [-0.2, -0.15) is 0 Å². The Labute approximate surface area is 206 Å². The van der Waals surface area contributed by atoms with Crippen LogP contribution in [0.25, 0.3) is 10.9 Å². The van der Waals surface area contributed by atoms with Gasteiger partial charge in [-0.3, -0.25) is 9.78 Å². The van der Waals surface area contributed by atoms with Crippen LogP contribution in [0.4, 0.5) is 0 Å². The molecule has 0 saturated heterocycles. The van der Waals surface area contributed by atoms with Gasteiger partial charge >= 0.3 is 0 Å². The minimum absolute atomic E-state index is 0.00821. The minimum Gasteiger partial charge on any atom is -0.490 e. The second kappa shape index (κ2) is 12.0. The molecule has 1 amide bonds. The number of benzene rings is 2. The van der Waals surface area contributed by atoms with Crippen molar-refractivity contribution >= 4 is 26.8 Å². The average Bonchev–Trinajstić information content (AvgIpc) is 2.84. The molecule has 0 unspecified atom stereocenters. The molecule has 8 nitrogen and oxygen atoms in total. The maximum atomic E-state index is 12.8. The Morgan fingerprint density at radius 1 is 1.09 bits per heavy atom. The van der Waals surface area contributed by atoms with Crippen LogP contribution in [0.5, 0.6) is 11.5 Å². The van der Waals surface area contributed by atoms with Crippen LogP contribution in [0.15, 0.2) is 53.4 Å². The van der Waals surface area contributed by atoms with Crippen molar-refractivity contribution < 1.29 is 27.4 Å². The fourth-order valence-electron chi connectivity index (χ4n) is 3.41. The van der Waals surface area contributed by atoms with Crippen LogP contribution in [0.1, 0.15) is 37.9 Å². The largest absolute Gasteiger partial charge is 0.490 e. The van der Waals surface area contributed by atoms with E-state index in [1.165, 1.54) is 6.07 Å². The Morgan fingerprint density at radius 2 is 1.89 bits per heavy atom. The van der Waals surface area contributed by atoms with Crippen molar-refractivity contribution in [2.45, 2.75) is 51.0 Å². The molecule has 3 rings (SSSR count). The summed E-state index contributed by atoms with van der Waals surface area (Å²) in [6, 6.07) is 14.0. The van der Waals surface area contributed by atoms with E-state index in [-0.39, 0.29) is 24.0 Å². The smallest absolute Gasteiger partial charge is 0.264 e. The fourth-order valence-corrected chi connectivity index (χ4v) is 4.64. The van der Waals surface area contributed by atoms with Crippen LogP contribution in [0.2, 0.25) is 0 Å². The number of nitrogens with zero attached hydrogens (tertiary/aromatic N) is 1. The lowest BCUT2D eigenvalue weighted by Crippen LogP contribution is -2.30. The summed E-state index contributed by atoms with van der Waals surface area (Å²) in [5.41, 5.74) is 2.43. The van der Waals surface area contributed by atoms with Gasteiger partial charge in [-0.1, -0.05) is 19.1 Å². The van der Waals surface area contributed by atoms with Crippen molar-refractivity contribution in [1.82, 2.24) is 9.71 Å². The molecule has 35 heavy (non-hydrogen) atoms. The minimum atomic E-state index is -4.03. The van der Waals surface area contributed by atoms with Crippen molar-refractivity contribution in [3.63, 3.8) is 0 Å². The summed E-state index contributed by atoms with van der Waals surface area (Å²) in [4.78, 5) is 16.8. The molecule has 0 radical (unpaired) electrons. The van der Waals surface area contributed by atoms with Crippen LogP contribution >= 0.6 is 0 Å². The SMILES string of the molecule is CCc1ccc(OC[C@H](C)OC)c(OCCCC(=O)NS(=O)(=O)c2cccc3nc(C)ccc23)c1. The van der Waals surface area contributed by atoms with Gasteiger partial charge in [-0.05, 0) is 68.7 Å². The molecule has 1 atom stereocenters. The molecular weight excluding hydrogens is 468 g/mol. The van der Waals surface area contributed by atoms with E-state index in [2.05, 4.69) is 9.71 Å². The predicted octanol–water partition coefficient (Wildman–Crippen LogP) is 4.18. The van der Waals surface area contributed by atoms with Gasteiger partial charge in [0, 0.05) is 24.6 Å². The van der Waals surface area contributed by atoms with Gasteiger partial charge in [0.1, 0.15) is 6.61 Å². The third-order valence-corrected chi connectivity index (χ3v) is 6.90. The van der Waals surface area contributed by atoms with Gasteiger partial charge in [-0.25, -0.2) is 13.1 Å². The monoisotopic (exact) mass is 500 g/mol. The molecule has 188 valence electrons. The Hall–Kier alpha value is -3.17. The van der Waals surface area contributed by atoms with Crippen molar-refractivity contribution in [1.29, 1.82) is 0 Å². The highest BCUT2D eigenvalue weighted by atomic mass is 32.2. The zero-order valence-electron chi connectivity index (χ0n) is 20.5. The lowest BCUT2D eigenvalue weighted by atomic mass is 10.1.